The van der Waals surface area contributed by atoms with Crippen molar-refractivity contribution in [3.05, 3.63) is 46.7 Å². The Morgan fingerprint density at radius 1 is 0.905 bits per heavy atom. The predicted molar refractivity (Wildman–Crippen MR) is 83.2 cm³/mol. The van der Waals surface area contributed by atoms with Crippen LogP contribution in [0.15, 0.2) is 36.7 Å². The topological polar surface area (TPSA) is 49.3 Å². The molecule has 0 bridgehead atoms. The quantitative estimate of drug-likeness (QED) is 0.848. The molecule has 0 unspecified atom stereocenters. The maximum absolute atomic E-state index is 12.6. The molecule has 5 nitrogen and oxygen atoms in total. The van der Waals surface area contributed by atoms with E-state index in [-0.39, 0.29) is 6.03 Å². The van der Waals surface area contributed by atoms with E-state index in [4.69, 9.17) is 23.2 Å². The fourth-order valence-corrected chi connectivity index (χ4v) is 2.54. The summed E-state index contributed by atoms with van der Waals surface area (Å²) in [7, 11) is 0. The number of anilines is 2. The van der Waals surface area contributed by atoms with Crippen LogP contribution in [0.2, 0.25) is 10.0 Å². The summed E-state index contributed by atoms with van der Waals surface area (Å²) in [5, 5.41) is 1.09. The molecule has 0 aliphatic carbocycles. The van der Waals surface area contributed by atoms with Crippen molar-refractivity contribution in [1.29, 1.82) is 0 Å². The van der Waals surface area contributed by atoms with Gasteiger partial charge in [0, 0.05) is 35.5 Å². The summed E-state index contributed by atoms with van der Waals surface area (Å²) in [5.41, 5.74) is 0. The maximum Gasteiger partial charge on any atom is 0.331 e. The van der Waals surface area contributed by atoms with Crippen LogP contribution in [-0.2, 0) is 0 Å². The van der Waals surface area contributed by atoms with Crippen LogP contribution in [0, 0.1) is 0 Å². The van der Waals surface area contributed by atoms with Gasteiger partial charge in [-0.2, -0.15) is 0 Å². The Balaban J connectivity index is 1.90. The monoisotopic (exact) mass is 322 g/mol. The molecule has 3 heterocycles. The second-order valence-corrected chi connectivity index (χ2v) is 5.48. The third kappa shape index (κ3) is 2.94. The minimum Gasteiger partial charge on any atom is -0.278 e. The average Bonchev–Trinajstić information content (AvgIpc) is 2.47. The number of aromatic nitrogens is 2. The Labute approximate surface area is 132 Å². The van der Waals surface area contributed by atoms with Crippen LogP contribution in [0.3, 0.4) is 0 Å². The van der Waals surface area contributed by atoms with Crippen LogP contribution in [0.5, 0.6) is 0 Å². The van der Waals surface area contributed by atoms with Gasteiger partial charge in [0.05, 0.1) is 0 Å². The van der Waals surface area contributed by atoms with Gasteiger partial charge < -0.3 is 0 Å². The van der Waals surface area contributed by atoms with E-state index in [0.717, 1.165) is 6.42 Å². The number of hydrogen-bond acceptors (Lipinski definition) is 3. The van der Waals surface area contributed by atoms with Crippen molar-refractivity contribution in [2.45, 2.75) is 6.42 Å². The fourth-order valence-electron chi connectivity index (χ4n) is 2.23. The van der Waals surface area contributed by atoms with Gasteiger partial charge in [0.1, 0.15) is 11.6 Å². The molecule has 2 aromatic heterocycles. The molecule has 108 valence electrons. The molecule has 1 aliphatic heterocycles. The Morgan fingerprint density at radius 3 is 1.81 bits per heavy atom. The van der Waals surface area contributed by atoms with E-state index >= 15 is 0 Å². The normalized spacial score (nSPS) is 15.4. The number of urea groups is 1. The number of carbonyl (C=O) groups excluding carboxylic acids is 1. The van der Waals surface area contributed by atoms with Gasteiger partial charge in [-0.3, -0.25) is 9.80 Å². The smallest absolute Gasteiger partial charge is 0.278 e. The van der Waals surface area contributed by atoms with Crippen molar-refractivity contribution in [3.8, 4) is 0 Å². The molecule has 1 fully saturated rings. The molecule has 0 saturated carbocycles. The molecule has 0 spiro atoms. The lowest BCUT2D eigenvalue weighted by Crippen LogP contribution is -2.50. The first-order chi connectivity index (χ1) is 10.1. The maximum atomic E-state index is 12.6. The van der Waals surface area contributed by atoms with Crippen LogP contribution in [-0.4, -0.2) is 29.1 Å². The molecular formula is C14H12Cl2N4O. The number of hydrogen-bond donors (Lipinski definition) is 0. The summed E-state index contributed by atoms with van der Waals surface area (Å²) in [6.07, 6.45) is 3.98. The lowest BCUT2D eigenvalue weighted by Gasteiger charge is -2.34. The van der Waals surface area contributed by atoms with E-state index < -0.39 is 0 Å². The lowest BCUT2D eigenvalue weighted by atomic mass is 10.2. The van der Waals surface area contributed by atoms with Crippen molar-refractivity contribution in [1.82, 2.24) is 9.97 Å². The van der Waals surface area contributed by atoms with Gasteiger partial charge in [0.15, 0.2) is 0 Å². The molecule has 7 heteroatoms. The first-order valence-corrected chi connectivity index (χ1v) is 7.23. The van der Waals surface area contributed by atoms with Crippen molar-refractivity contribution in [2.75, 3.05) is 22.9 Å². The zero-order chi connectivity index (χ0) is 14.8. The largest absolute Gasteiger partial charge is 0.331 e. The number of amides is 2. The Kier molecular flexibility index (Phi) is 3.94. The van der Waals surface area contributed by atoms with Gasteiger partial charge in [0.25, 0.3) is 0 Å². The Hall–Kier alpha value is -1.85. The van der Waals surface area contributed by atoms with Crippen molar-refractivity contribution in [2.24, 2.45) is 0 Å². The van der Waals surface area contributed by atoms with Crippen molar-refractivity contribution >= 4 is 40.9 Å². The van der Waals surface area contributed by atoms with Gasteiger partial charge in [-0.1, -0.05) is 23.2 Å². The molecule has 1 aliphatic rings. The average molecular weight is 323 g/mol. The van der Waals surface area contributed by atoms with Gasteiger partial charge in [-0.25, -0.2) is 14.8 Å². The third-order valence-corrected chi connectivity index (χ3v) is 3.66. The van der Waals surface area contributed by atoms with Crippen LogP contribution in [0.4, 0.5) is 16.4 Å². The van der Waals surface area contributed by atoms with Crippen LogP contribution < -0.4 is 9.80 Å². The molecule has 2 aromatic rings. The van der Waals surface area contributed by atoms with Gasteiger partial charge in [-0.15, -0.1) is 0 Å². The number of carbonyl (C=O) groups is 1. The number of halogens is 2. The number of rotatable bonds is 2. The minimum atomic E-state index is -0.175. The number of nitrogens with zero attached hydrogens (tertiary/aromatic N) is 4. The molecule has 0 N–H and O–H groups in total. The van der Waals surface area contributed by atoms with Crippen molar-refractivity contribution < 1.29 is 4.79 Å². The second-order valence-electron chi connectivity index (χ2n) is 4.60. The summed E-state index contributed by atoms with van der Waals surface area (Å²) < 4.78 is 0. The van der Waals surface area contributed by atoms with E-state index in [0.29, 0.717) is 34.8 Å². The van der Waals surface area contributed by atoms with E-state index in [1.165, 1.54) is 0 Å². The summed E-state index contributed by atoms with van der Waals surface area (Å²) in [4.78, 5) is 24.2. The molecule has 0 radical (unpaired) electrons. The highest BCUT2D eigenvalue weighted by molar-refractivity contribution is 6.31. The molecule has 3 rings (SSSR count). The lowest BCUT2D eigenvalue weighted by molar-refractivity contribution is 0.248. The summed E-state index contributed by atoms with van der Waals surface area (Å²) in [5.74, 6) is 1.08. The summed E-state index contributed by atoms with van der Waals surface area (Å²) >= 11 is 11.9. The van der Waals surface area contributed by atoms with Gasteiger partial charge in [0.2, 0.25) is 0 Å². The fraction of sp³-hybridized carbons (Fsp3) is 0.214. The van der Waals surface area contributed by atoms with Crippen LogP contribution >= 0.6 is 23.2 Å². The molecule has 21 heavy (non-hydrogen) atoms. The first-order valence-electron chi connectivity index (χ1n) is 6.47. The first kappa shape index (κ1) is 14.1. The van der Waals surface area contributed by atoms with Gasteiger partial charge in [-0.05, 0) is 30.7 Å². The summed E-state index contributed by atoms with van der Waals surface area (Å²) in [6, 6.07) is 6.53. The summed E-state index contributed by atoms with van der Waals surface area (Å²) in [6.45, 7) is 1.20. The second kappa shape index (κ2) is 5.87. The molecule has 2 amide bonds. The standard InChI is InChI=1S/C14H12Cl2N4O/c15-10-2-4-17-12(8-10)19-6-1-7-20(14(19)21)13-9-11(16)3-5-18-13/h2-5,8-9H,1,6-7H2. The molecule has 1 saturated heterocycles. The zero-order valence-corrected chi connectivity index (χ0v) is 12.6. The highest BCUT2D eigenvalue weighted by atomic mass is 35.5. The third-order valence-electron chi connectivity index (χ3n) is 3.19. The van der Waals surface area contributed by atoms with E-state index in [2.05, 4.69) is 9.97 Å². The Morgan fingerprint density at radius 2 is 1.38 bits per heavy atom. The Bertz CT molecular complexity index is 624. The zero-order valence-electron chi connectivity index (χ0n) is 11.0. The van der Waals surface area contributed by atoms with E-state index in [1.807, 2.05) is 0 Å². The molecule has 0 aromatic carbocycles. The minimum absolute atomic E-state index is 0.175. The van der Waals surface area contributed by atoms with Crippen LogP contribution in [0.25, 0.3) is 0 Å². The van der Waals surface area contributed by atoms with Gasteiger partial charge >= 0.3 is 6.03 Å². The van der Waals surface area contributed by atoms with E-state index in [9.17, 15) is 4.79 Å². The highest BCUT2D eigenvalue weighted by Crippen LogP contribution is 2.25. The van der Waals surface area contributed by atoms with Crippen LogP contribution in [0.1, 0.15) is 6.42 Å². The van der Waals surface area contributed by atoms with Crippen molar-refractivity contribution in [3.63, 3.8) is 0 Å². The predicted octanol–water partition coefficient (Wildman–Crippen LogP) is 3.62. The SMILES string of the molecule is O=C1N(c2cc(Cl)ccn2)CCCN1c1cc(Cl)ccn1. The number of pyridine rings is 2. The van der Waals surface area contributed by atoms with E-state index in [1.54, 1.807) is 46.5 Å². The molecule has 0 atom stereocenters. The molecular weight excluding hydrogens is 311 g/mol. The highest BCUT2D eigenvalue weighted by Gasteiger charge is 2.29.